The summed E-state index contributed by atoms with van der Waals surface area (Å²) in [5.41, 5.74) is 8.14. The Morgan fingerprint density at radius 2 is 1.90 bits per heavy atom. The molecular weight excluding hydrogens is 518 g/mol. The second-order valence-electron chi connectivity index (χ2n) is 11.6. The smallest absolute Gasteiger partial charge is 0.251 e. The van der Waals surface area contributed by atoms with Crippen LogP contribution in [-0.2, 0) is 4.79 Å². The first-order valence-corrected chi connectivity index (χ1v) is 14.7. The zero-order valence-corrected chi connectivity index (χ0v) is 24.0. The summed E-state index contributed by atoms with van der Waals surface area (Å²) in [4.78, 5) is 25.5. The van der Waals surface area contributed by atoms with Crippen LogP contribution in [0.5, 0.6) is 0 Å². The summed E-state index contributed by atoms with van der Waals surface area (Å²) < 4.78 is 29.6. The molecule has 0 bridgehead atoms. The minimum absolute atomic E-state index is 0.176. The predicted molar refractivity (Wildman–Crippen MR) is 151 cm³/mol. The van der Waals surface area contributed by atoms with Gasteiger partial charge in [0.1, 0.15) is 11.2 Å². The van der Waals surface area contributed by atoms with Gasteiger partial charge in [0, 0.05) is 54.5 Å². The minimum atomic E-state index is -2.76. The summed E-state index contributed by atoms with van der Waals surface area (Å²) in [7, 11) is 0. The molecule has 2 fully saturated rings. The van der Waals surface area contributed by atoms with E-state index >= 15 is 0 Å². The van der Waals surface area contributed by atoms with Gasteiger partial charge in [-0.3, -0.25) is 4.79 Å². The molecule has 0 aliphatic carbocycles. The average molecular weight is 555 g/mol. The summed E-state index contributed by atoms with van der Waals surface area (Å²) in [6, 6.07) is -0.775. The molecule has 0 unspecified atom stereocenters. The topological polar surface area (TPSA) is 78.3 Å². The first kappa shape index (κ1) is 26.4. The molecule has 0 saturated carbocycles. The van der Waals surface area contributed by atoms with Crippen molar-refractivity contribution in [2.75, 3.05) is 19.6 Å². The number of alkyl halides is 2. The second kappa shape index (κ2) is 9.66. The lowest BCUT2D eigenvalue weighted by Crippen LogP contribution is -2.54. The van der Waals surface area contributed by atoms with E-state index in [1.54, 1.807) is 11.2 Å². The molecule has 0 radical (unpaired) electrons. The molecule has 6 rings (SSSR count). The molecule has 208 valence electrons. The highest BCUT2D eigenvalue weighted by Crippen LogP contribution is 2.46. The van der Waals surface area contributed by atoms with E-state index in [2.05, 4.69) is 61.2 Å². The third kappa shape index (κ3) is 4.45. The van der Waals surface area contributed by atoms with E-state index < -0.39 is 18.4 Å². The number of thiophene rings is 1. The summed E-state index contributed by atoms with van der Waals surface area (Å²) in [6.45, 7) is 12.4. The fourth-order valence-electron chi connectivity index (χ4n) is 6.54. The highest BCUT2D eigenvalue weighted by atomic mass is 32.1. The van der Waals surface area contributed by atoms with Crippen LogP contribution in [0.3, 0.4) is 0 Å². The van der Waals surface area contributed by atoms with Gasteiger partial charge in [0.05, 0.1) is 11.7 Å². The van der Waals surface area contributed by atoms with Crippen molar-refractivity contribution in [3.05, 3.63) is 39.7 Å². The number of carbonyl (C=O) groups excluding carboxylic acids is 1. The van der Waals surface area contributed by atoms with Gasteiger partial charge in [0.25, 0.3) is 5.92 Å². The number of nitrogens with zero attached hydrogens (tertiary/aromatic N) is 4. The lowest BCUT2D eigenvalue weighted by molar-refractivity contribution is -0.139. The molecule has 0 aromatic carbocycles. The molecule has 4 aromatic heterocycles. The predicted octanol–water partition coefficient (Wildman–Crippen LogP) is 6.08. The van der Waals surface area contributed by atoms with Gasteiger partial charge in [-0.15, -0.1) is 11.3 Å². The molecule has 2 aliphatic heterocycles. The zero-order valence-electron chi connectivity index (χ0n) is 23.2. The highest BCUT2D eigenvalue weighted by Gasteiger charge is 2.41. The quantitative estimate of drug-likeness (QED) is 0.321. The number of aromatic amines is 1. The Balaban J connectivity index is 1.28. The number of amides is 1. The Bertz CT molecular complexity index is 1560. The average Bonchev–Trinajstić information content (AvgIpc) is 3.60. The number of rotatable bonds is 4. The van der Waals surface area contributed by atoms with Crippen LogP contribution in [0, 0.1) is 20.8 Å². The molecule has 2 N–H and O–H groups in total. The summed E-state index contributed by atoms with van der Waals surface area (Å²) in [5.74, 6) is -2.25. The standard InChI is InChI=1S/C29H36F2N6OS/c1-15(2)22-23-18(5)25(19-6-10-36(11-7-19)28(38)21-12-29(30,31)8-9-32-21)39-27(23)35-24(22)20-13-37-26(33-14-34-37)17(4)16(20)3/h13-15,19,21,32,35H,6-12H2,1-5H3/t21-/m0/s1. The molecule has 4 aromatic rings. The number of H-pyrrole nitrogens is 1. The first-order valence-electron chi connectivity index (χ1n) is 13.9. The first-order chi connectivity index (χ1) is 18.6. The van der Waals surface area contributed by atoms with Gasteiger partial charge < -0.3 is 15.2 Å². The van der Waals surface area contributed by atoms with Crippen LogP contribution in [0.25, 0.3) is 27.1 Å². The molecule has 1 atom stereocenters. The maximum atomic E-state index is 13.9. The zero-order chi connectivity index (χ0) is 27.6. The maximum Gasteiger partial charge on any atom is 0.251 e. The van der Waals surface area contributed by atoms with Crippen LogP contribution in [0.1, 0.15) is 78.5 Å². The number of piperidine rings is 2. The van der Waals surface area contributed by atoms with E-state index in [4.69, 9.17) is 0 Å². The van der Waals surface area contributed by atoms with Gasteiger partial charge in [-0.1, -0.05) is 13.8 Å². The van der Waals surface area contributed by atoms with Gasteiger partial charge in [-0.2, -0.15) is 5.10 Å². The second-order valence-corrected chi connectivity index (χ2v) is 12.7. The molecule has 1 amide bonds. The van der Waals surface area contributed by atoms with Crippen molar-refractivity contribution < 1.29 is 13.6 Å². The Kier molecular flexibility index (Phi) is 6.53. The van der Waals surface area contributed by atoms with Crippen LogP contribution in [0.15, 0.2) is 12.5 Å². The van der Waals surface area contributed by atoms with Crippen molar-refractivity contribution in [2.24, 2.45) is 0 Å². The SMILES string of the molecule is Cc1c(-c2[nH]c3sc(C4CCN(C(=O)[C@@H]5CC(F)(F)CCN5)CC4)c(C)c3c2C(C)C)cn2ncnc2c1C. The molecule has 0 spiro atoms. The summed E-state index contributed by atoms with van der Waals surface area (Å²) in [5, 5.41) is 8.71. The Morgan fingerprint density at radius 3 is 2.59 bits per heavy atom. The number of hydrogen-bond acceptors (Lipinski definition) is 5. The van der Waals surface area contributed by atoms with Gasteiger partial charge in [-0.05, 0) is 67.7 Å². The van der Waals surface area contributed by atoms with Crippen LogP contribution in [0.2, 0.25) is 0 Å². The lowest BCUT2D eigenvalue weighted by atomic mass is 9.89. The van der Waals surface area contributed by atoms with Crippen molar-refractivity contribution in [3.8, 4) is 11.3 Å². The van der Waals surface area contributed by atoms with Crippen molar-refractivity contribution in [2.45, 2.75) is 84.1 Å². The fourth-order valence-corrected chi connectivity index (χ4v) is 7.94. The highest BCUT2D eigenvalue weighted by molar-refractivity contribution is 7.19. The number of pyridine rings is 1. The third-order valence-electron chi connectivity index (χ3n) is 8.79. The molecule has 7 nitrogen and oxygen atoms in total. The largest absolute Gasteiger partial charge is 0.346 e. The van der Waals surface area contributed by atoms with E-state index in [9.17, 15) is 13.6 Å². The number of aryl methyl sites for hydroxylation is 2. The molecular formula is C29H36F2N6OS. The van der Waals surface area contributed by atoms with Gasteiger partial charge in [0.15, 0.2) is 5.65 Å². The summed E-state index contributed by atoms with van der Waals surface area (Å²) >= 11 is 1.82. The number of carbonyl (C=O) groups is 1. The van der Waals surface area contributed by atoms with Gasteiger partial charge in [-0.25, -0.2) is 18.3 Å². The van der Waals surface area contributed by atoms with Crippen LogP contribution < -0.4 is 5.32 Å². The monoisotopic (exact) mass is 554 g/mol. The van der Waals surface area contributed by atoms with Crippen LogP contribution in [0.4, 0.5) is 8.78 Å². The maximum absolute atomic E-state index is 13.9. The molecule has 2 saturated heterocycles. The number of likely N-dealkylation sites (tertiary alicyclic amines) is 1. The lowest BCUT2D eigenvalue weighted by Gasteiger charge is -2.37. The number of aromatic nitrogens is 4. The Morgan fingerprint density at radius 1 is 1.15 bits per heavy atom. The van der Waals surface area contributed by atoms with E-state index in [0.29, 0.717) is 24.9 Å². The Labute approximate surface area is 231 Å². The number of fused-ring (bicyclic) bond motifs is 2. The van der Waals surface area contributed by atoms with Crippen LogP contribution in [-0.4, -0.2) is 62.0 Å². The van der Waals surface area contributed by atoms with Crippen LogP contribution >= 0.6 is 11.3 Å². The summed E-state index contributed by atoms with van der Waals surface area (Å²) in [6.07, 6.45) is 4.78. The van der Waals surface area contributed by atoms with Crippen molar-refractivity contribution in [3.63, 3.8) is 0 Å². The molecule has 10 heteroatoms. The van der Waals surface area contributed by atoms with Crippen molar-refractivity contribution >= 4 is 33.1 Å². The van der Waals surface area contributed by atoms with Gasteiger partial charge in [0.2, 0.25) is 5.91 Å². The third-order valence-corrected chi connectivity index (χ3v) is 10.2. The van der Waals surface area contributed by atoms with E-state index in [0.717, 1.165) is 35.3 Å². The molecule has 6 heterocycles. The normalized spacial score (nSPS) is 20.5. The van der Waals surface area contributed by atoms with E-state index in [1.807, 2.05) is 15.9 Å². The molecule has 2 aliphatic rings. The number of hydrogen-bond donors (Lipinski definition) is 2. The molecule has 39 heavy (non-hydrogen) atoms. The number of nitrogens with one attached hydrogen (secondary N) is 2. The number of halogens is 2. The Hall–Kier alpha value is -2.85. The van der Waals surface area contributed by atoms with E-state index in [1.165, 1.54) is 31.8 Å². The van der Waals surface area contributed by atoms with E-state index in [-0.39, 0.29) is 18.9 Å². The minimum Gasteiger partial charge on any atom is -0.346 e. The van der Waals surface area contributed by atoms with Crippen molar-refractivity contribution in [1.29, 1.82) is 0 Å². The van der Waals surface area contributed by atoms with Crippen molar-refractivity contribution in [1.82, 2.24) is 29.8 Å². The van der Waals surface area contributed by atoms with Gasteiger partial charge >= 0.3 is 0 Å². The fraction of sp³-hybridized carbons (Fsp3) is 0.552.